The highest BCUT2D eigenvalue weighted by molar-refractivity contribution is 7.84. The van der Waals surface area contributed by atoms with E-state index in [1.165, 1.54) is 51.2 Å². The van der Waals surface area contributed by atoms with E-state index in [9.17, 15) is 0 Å². The highest BCUT2D eigenvalue weighted by Crippen LogP contribution is 2.63. The zero-order chi connectivity index (χ0) is 31.2. The molecule has 218 valence electrons. The Morgan fingerprint density at radius 1 is 0.578 bits per heavy atom. The van der Waals surface area contributed by atoms with Gasteiger partial charge in [0.2, 0.25) is 0 Å². The van der Waals surface area contributed by atoms with Gasteiger partial charge >= 0.3 is 0 Å². The molecule has 0 amide bonds. The summed E-state index contributed by atoms with van der Waals surface area (Å²) in [6.45, 7) is 9.47. The van der Waals surface area contributed by atoms with Gasteiger partial charge in [-0.2, -0.15) is 0 Å². The van der Waals surface area contributed by atoms with Crippen molar-refractivity contribution < 1.29 is 0 Å². The molecule has 0 fully saturated rings. The number of benzene rings is 2. The molecule has 0 unspecified atom stereocenters. The van der Waals surface area contributed by atoms with Crippen LogP contribution in [0.15, 0.2) is 77.4 Å². The molecule has 0 N–H and O–H groups in total. The van der Waals surface area contributed by atoms with Crippen LogP contribution in [0, 0.1) is 0 Å². The lowest BCUT2D eigenvalue weighted by Crippen LogP contribution is -2.17. The summed E-state index contributed by atoms with van der Waals surface area (Å²) in [5.74, 6) is 0. The summed E-state index contributed by atoms with van der Waals surface area (Å²) in [4.78, 5) is 8.84. The van der Waals surface area contributed by atoms with E-state index in [0.717, 1.165) is 52.9 Å². The Hall–Kier alpha value is -2.62. The second-order valence-corrected chi connectivity index (χ2v) is 17.9. The van der Waals surface area contributed by atoms with Gasteiger partial charge in [-0.05, 0) is 46.6 Å². The predicted octanol–water partition coefficient (Wildman–Crippen LogP) is 11.6. The molecule has 3 aromatic heterocycles. The molecule has 3 heterocycles. The van der Waals surface area contributed by atoms with Crippen molar-refractivity contribution in [1.29, 1.82) is 0 Å². The molecule has 2 aromatic carbocycles. The average molecular weight is 705 g/mol. The molecular formula is C38H24S7. The van der Waals surface area contributed by atoms with Crippen LogP contribution in [0.3, 0.4) is 0 Å². The largest absolute Gasteiger partial charge is 0.135 e. The van der Waals surface area contributed by atoms with Gasteiger partial charge in [0, 0.05) is 58.9 Å². The zero-order valence-electron chi connectivity index (χ0n) is 24.8. The molecular weight excluding hydrogens is 681 g/mol. The van der Waals surface area contributed by atoms with Gasteiger partial charge in [0.1, 0.15) is 0 Å². The zero-order valence-corrected chi connectivity index (χ0v) is 30.5. The Kier molecular flexibility index (Phi) is 6.02. The SMILES string of the molecule is CC1(C)C(C=C2C(=S)c3ccccc3C2=S)=Cc2sc3c4c(sc3c21)-c1sc(C=C2C(=S)c3ccccc3C2=S)cc1C4(C)C. The summed E-state index contributed by atoms with van der Waals surface area (Å²) < 4.78 is 2.87. The number of hydrogen-bond donors (Lipinski definition) is 0. The maximum atomic E-state index is 5.91. The van der Waals surface area contributed by atoms with E-state index in [0.29, 0.717) is 0 Å². The quantitative estimate of drug-likeness (QED) is 0.132. The Morgan fingerprint density at radius 2 is 1.09 bits per heavy atom. The molecule has 4 aliphatic rings. The van der Waals surface area contributed by atoms with E-state index < -0.39 is 0 Å². The summed E-state index contributed by atoms with van der Waals surface area (Å²) in [6.07, 6.45) is 6.87. The fourth-order valence-corrected chi connectivity index (χ4v) is 13.8. The van der Waals surface area contributed by atoms with E-state index >= 15 is 0 Å². The van der Waals surface area contributed by atoms with Crippen LogP contribution in [0.25, 0.3) is 31.3 Å². The molecule has 4 aliphatic carbocycles. The number of fused-ring (bicyclic) bond motifs is 9. The highest BCUT2D eigenvalue weighted by Gasteiger charge is 2.45. The minimum atomic E-state index is -0.153. The van der Waals surface area contributed by atoms with Crippen LogP contribution in [-0.2, 0) is 10.8 Å². The van der Waals surface area contributed by atoms with Gasteiger partial charge in [0.15, 0.2) is 0 Å². The molecule has 0 nitrogen and oxygen atoms in total. The normalized spacial score (nSPS) is 18.4. The second-order valence-electron chi connectivity index (χ2n) is 13.1. The number of hydrogen-bond acceptors (Lipinski definition) is 7. The van der Waals surface area contributed by atoms with Gasteiger partial charge in [-0.15, -0.1) is 34.0 Å². The van der Waals surface area contributed by atoms with E-state index in [2.05, 4.69) is 76.3 Å². The summed E-state index contributed by atoms with van der Waals surface area (Å²) in [5.41, 5.74) is 11.7. The molecule has 0 bridgehead atoms. The maximum Gasteiger partial charge on any atom is 0.0543 e. The van der Waals surface area contributed by atoms with Crippen LogP contribution in [-0.4, -0.2) is 19.5 Å². The monoisotopic (exact) mass is 704 g/mol. The third-order valence-corrected chi connectivity index (χ3v) is 15.3. The van der Waals surface area contributed by atoms with Crippen molar-refractivity contribution >= 4 is 124 Å². The van der Waals surface area contributed by atoms with Crippen molar-refractivity contribution in [3.8, 4) is 9.75 Å². The molecule has 0 aliphatic heterocycles. The number of thiocarbonyl (C=S) groups is 4. The number of thiophene rings is 3. The molecule has 0 saturated heterocycles. The van der Waals surface area contributed by atoms with Crippen LogP contribution in [0.5, 0.6) is 0 Å². The van der Waals surface area contributed by atoms with Crippen molar-refractivity contribution in [2.24, 2.45) is 0 Å². The molecule has 45 heavy (non-hydrogen) atoms. The Bertz CT molecular complexity index is 2310. The Balaban J connectivity index is 1.12. The van der Waals surface area contributed by atoms with E-state index in [1.54, 1.807) is 0 Å². The van der Waals surface area contributed by atoms with Gasteiger partial charge in [0.05, 0.1) is 33.7 Å². The van der Waals surface area contributed by atoms with Crippen molar-refractivity contribution in [2.45, 2.75) is 38.5 Å². The molecule has 0 atom stereocenters. The van der Waals surface area contributed by atoms with Crippen LogP contribution < -0.4 is 0 Å². The van der Waals surface area contributed by atoms with Crippen LogP contribution in [0.4, 0.5) is 0 Å². The predicted molar refractivity (Wildman–Crippen MR) is 212 cm³/mol. The molecule has 5 aromatic rings. The summed E-state index contributed by atoms with van der Waals surface area (Å²) in [7, 11) is 0. The number of rotatable bonds is 2. The second kappa shape index (κ2) is 9.48. The van der Waals surface area contributed by atoms with Crippen LogP contribution in [0.1, 0.15) is 76.4 Å². The van der Waals surface area contributed by atoms with E-state index in [1.807, 2.05) is 58.3 Å². The first-order chi connectivity index (χ1) is 21.5. The fourth-order valence-electron chi connectivity index (χ4n) is 7.41. The third-order valence-electron chi connectivity index (χ3n) is 9.84. The van der Waals surface area contributed by atoms with Crippen molar-refractivity contribution in [1.82, 2.24) is 0 Å². The first-order valence-electron chi connectivity index (χ1n) is 14.8. The van der Waals surface area contributed by atoms with E-state index in [4.69, 9.17) is 48.9 Å². The Labute approximate surface area is 295 Å². The summed E-state index contributed by atoms with van der Waals surface area (Å²) in [6, 6.07) is 18.9. The Morgan fingerprint density at radius 3 is 1.64 bits per heavy atom. The summed E-state index contributed by atoms with van der Waals surface area (Å²) in [5, 5.41) is 0. The minimum absolute atomic E-state index is 0.0823. The molecule has 0 spiro atoms. The molecule has 0 saturated carbocycles. The van der Waals surface area contributed by atoms with Crippen molar-refractivity contribution in [3.05, 3.63) is 126 Å². The lowest BCUT2D eigenvalue weighted by atomic mass is 9.80. The van der Waals surface area contributed by atoms with Gasteiger partial charge in [-0.3, -0.25) is 0 Å². The lowest BCUT2D eigenvalue weighted by molar-refractivity contribution is 0.662. The van der Waals surface area contributed by atoms with E-state index in [-0.39, 0.29) is 10.8 Å². The highest BCUT2D eigenvalue weighted by atomic mass is 32.1. The number of allylic oxidation sites excluding steroid dienone is 4. The first kappa shape index (κ1) is 28.6. The fraction of sp³-hybridized carbons (Fsp3) is 0.158. The standard InChI is InChI=1S/C38H24S7/c1-37(2)17(13-23-29(39)19-9-5-6-10-20(19)30(23)40)14-26-27(37)34-36(44-26)28-35(45-34)33-25(38(28,3)4)16-18(43-33)15-24-31(41)21-11-7-8-12-22(21)32(24)42/h5-16H,1-4H3. The van der Waals surface area contributed by atoms with Crippen molar-refractivity contribution in [3.63, 3.8) is 0 Å². The van der Waals surface area contributed by atoms with Gasteiger partial charge in [0.25, 0.3) is 0 Å². The maximum absolute atomic E-state index is 5.91. The molecule has 0 radical (unpaired) electrons. The average Bonchev–Trinajstić information content (AvgIpc) is 3.84. The van der Waals surface area contributed by atoms with Gasteiger partial charge in [-0.25, -0.2) is 0 Å². The molecule has 7 heteroatoms. The minimum Gasteiger partial charge on any atom is -0.135 e. The topological polar surface area (TPSA) is 0 Å². The van der Waals surface area contributed by atoms with Crippen molar-refractivity contribution in [2.75, 3.05) is 0 Å². The van der Waals surface area contributed by atoms with Crippen LogP contribution >= 0.6 is 82.9 Å². The summed E-state index contributed by atoms with van der Waals surface area (Å²) >= 11 is 29.4. The first-order valence-corrected chi connectivity index (χ1v) is 18.8. The lowest BCUT2D eigenvalue weighted by Gasteiger charge is -2.23. The third kappa shape index (κ3) is 3.72. The van der Waals surface area contributed by atoms with Gasteiger partial charge < -0.3 is 0 Å². The van der Waals surface area contributed by atoms with Gasteiger partial charge in [-0.1, -0.05) is 125 Å². The molecule has 9 rings (SSSR count). The van der Waals surface area contributed by atoms with Crippen LogP contribution in [0.2, 0.25) is 0 Å². The smallest absolute Gasteiger partial charge is 0.0543 e.